The van der Waals surface area contributed by atoms with Gasteiger partial charge in [0.2, 0.25) is 0 Å². The van der Waals surface area contributed by atoms with Gasteiger partial charge in [0.05, 0.1) is 6.10 Å². The van der Waals surface area contributed by atoms with Crippen molar-refractivity contribution in [2.75, 3.05) is 11.9 Å². The third kappa shape index (κ3) is 2.32. The average molecular weight is 249 g/mol. The number of phenols is 1. The molecule has 1 aromatic carbocycles. The van der Waals surface area contributed by atoms with Gasteiger partial charge in [-0.05, 0) is 31.9 Å². The molecular weight excluding hydrogens is 226 g/mol. The quantitative estimate of drug-likeness (QED) is 0.860. The monoisotopic (exact) mass is 249 g/mol. The molecule has 0 saturated heterocycles. The van der Waals surface area contributed by atoms with Gasteiger partial charge in [0.25, 0.3) is 0 Å². The van der Waals surface area contributed by atoms with Crippen molar-refractivity contribution in [3.63, 3.8) is 0 Å². The number of rotatable bonds is 4. The summed E-state index contributed by atoms with van der Waals surface area (Å²) in [5, 5.41) is 13.2. The predicted octanol–water partition coefficient (Wildman–Crippen LogP) is 3.32. The number of anilines is 1. The number of phenolic OH excluding ortho intramolecular Hbond substituents is 1. The molecule has 0 spiro atoms. The molecule has 0 radical (unpaired) electrons. The summed E-state index contributed by atoms with van der Waals surface area (Å²) in [7, 11) is 0. The van der Waals surface area contributed by atoms with Gasteiger partial charge >= 0.3 is 0 Å². The molecule has 18 heavy (non-hydrogen) atoms. The Morgan fingerprint density at radius 2 is 2.17 bits per heavy atom. The van der Waals surface area contributed by atoms with Crippen LogP contribution in [0.25, 0.3) is 0 Å². The van der Waals surface area contributed by atoms with Gasteiger partial charge in [-0.15, -0.1) is 0 Å². The Bertz CT molecular complexity index is 429. The van der Waals surface area contributed by atoms with Crippen molar-refractivity contribution in [1.82, 2.24) is 0 Å². The van der Waals surface area contributed by atoms with Gasteiger partial charge in [-0.2, -0.15) is 0 Å². The molecule has 3 heteroatoms. The summed E-state index contributed by atoms with van der Waals surface area (Å²) in [5.74, 6) is 0.346. The van der Waals surface area contributed by atoms with E-state index in [1.807, 2.05) is 26.0 Å². The lowest BCUT2D eigenvalue weighted by molar-refractivity contribution is -0.0975. The summed E-state index contributed by atoms with van der Waals surface area (Å²) >= 11 is 0. The molecule has 1 saturated carbocycles. The molecule has 2 N–H and O–H groups in total. The number of benzene rings is 1. The maximum absolute atomic E-state index is 9.71. The van der Waals surface area contributed by atoms with E-state index in [1.165, 1.54) is 0 Å². The fraction of sp³-hybridized carbons (Fsp3) is 0.600. The molecule has 2 unspecified atom stereocenters. The van der Waals surface area contributed by atoms with E-state index in [4.69, 9.17) is 4.74 Å². The fourth-order valence-electron chi connectivity index (χ4n) is 2.51. The van der Waals surface area contributed by atoms with Crippen molar-refractivity contribution in [1.29, 1.82) is 0 Å². The highest BCUT2D eigenvalue weighted by molar-refractivity contribution is 5.52. The van der Waals surface area contributed by atoms with Crippen molar-refractivity contribution < 1.29 is 9.84 Å². The minimum Gasteiger partial charge on any atom is -0.508 e. The molecule has 0 heterocycles. The van der Waals surface area contributed by atoms with Gasteiger partial charge in [-0.3, -0.25) is 0 Å². The minimum atomic E-state index is 0.135. The van der Waals surface area contributed by atoms with Crippen LogP contribution in [0.2, 0.25) is 0 Å². The van der Waals surface area contributed by atoms with Crippen LogP contribution >= 0.6 is 0 Å². The molecular formula is C15H23NO2. The number of aromatic hydroxyl groups is 1. The molecule has 0 amide bonds. The van der Waals surface area contributed by atoms with E-state index in [9.17, 15) is 5.11 Å². The van der Waals surface area contributed by atoms with Crippen molar-refractivity contribution >= 4 is 5.69 Å². The van der Waals surface area contributed by atoms with Crippen molar-refractivity contribution in [3.8, 4) is 5.75 Å². The number of ether oxygens (including phenoxy) is 1. The first-order chi connectivity index (χ1) is 8.45. The first-order valence-electron chi connectivity index (χ1n) is 6.63. The SMILES string of the molecule is CCOC1CC(Nc2ccc(C)c(O)c2)C1(C)C. The van der Waals surface area contributed by atoms with Crippen LogP contribution in [0.1, 0.15) is 32.8 Å². The van der Waals surface area contributed by atoms with E-state index in [0.29, 0.717) is 17.9 Å². The lowest BCUT2D eigenvalue weighted by Gasteiger charge is -2.52. The van der Waals surface area contributed by atoms with Crippen molar-refractivity contribution in [2.24, 2.45) is 5.41 Å². The molecule has 0 bridgehead atoms. The second-order valence-corrected chi connectivity index (χ2v) is 5.70. The lowest BCUT2D eigenvalue weighted by Crippen LogP contribution is -2.58. The Hall–Kier alpha value is -1.22. The van der Waals surface area contributed by atoms with Crippen LogP contribution < -0.4 is 5.32 Å². The normalized spacial score (nSPS) is 25.6. The van der Waals surface area contributed by atoms with Crippen LogP contribution in [0.15, 0.2) is 18.2 Å². The Morgan fingerprint density at radius 3 is 2.72 bits per heavy atom. The zero-order valence-corrected chi connectivity index (χ0v) is 11.7. The Morgan fingerprint density at radius 1 is 1.44 bits per heavy atom. The molecule has 0 aliphatic heterocycles. The van der Waals surface area contributed by atoms with E-state index in [-0.39, 0.29) is 5.41 Å². The zero-order chi connectivity index (χ0) is 13.3. The maximum atomic E-state index is 9.71. The largest absolute Gasteiger partial charge is 0.508 e. The summed E-state index contributed by atoms with van der Waals surface area (Å²) in [4.78, 5) is 0. The number of aryl methyl sites for hydroxylation is 1. The van der Waals surface area contributed by atoms with Gasteiger partial charge in [0.15, 0.2) is 0 Å². The number of nitrogens with one attached hydrogen (secondary N) is 1. The third-order valence-electron chi connectivity index (χ3n) is 4.10. The van der Waals surface area contributed by atoms with Crippen LogP contribution in [0, 0.1) is 12.3 Å². The van der Waals surface area contributed by atoms with Crippen LogP contribution in [0.5, 0.6) is 5.75 Å². The summed E-state index contributed by atoms with van der Waals surface area (Å²) in [6.45, 7) is 9.16. The Balaban J connectivity index is 2.01. The Kier molecular flexibility index (Phi) is 3.53. The van der Waals surface area contributed by atoms with Gasteiger partial charge in [-0.1, -0.05) is 19.9 Å². The van der Waals surface area contributed by atoms with Crippen molar-refractivity contribution in [3.05, 3.63) is 23.8 Å². The second kappa shape index (κ2) is 4.81. The van der Waals surface area contributed by atoms with Crippen LogP contribution in [-0.2, 0) is 4.74 Å². The molecule has 0 aromatic heterocycles. The summed E-state index contributed by atoms with van der Waals surface area (Å²) in [6, 6.07) is 6.14. The molecule has 2 rings (SSSR count). The Labute approximate surface area is 109 Å². The van der Waals surface area contributed by atoms with Gasteiger partial charge in [0.1, 0.15) is 5.75 Å². The molecule has 3 nitrogen and oxygen atoms in total. The van der Waals surface area contributed by atoms with Crippen LogP contribution in [-0.4, -0.2) is 23.9 Å². The highest BCUT2D eigenvalue weighted by Gasteiger charge is 2.48. The summed E-state index contributed by atoms with van der Waals surface area (Å²) in [6.07, 6.45) is 1.36. The van der Waals surface area contributed by atoms with E-state index in [0.717, 1.165) is 24.3 Å². The molecule has 1 aliphatic rings. The highest BCUT2D eigenvalue weighted by atomic mass is 16.5. The topological polar surface area (TPSA) is 41.5 Å². The van der Waals surface area contributed by atoms with Crippen LogP contribution in [0.4, 0.5) is 5.69 Å². The number of hydrogen-bond acceptors (Lipinski definition) is 3. The van der Waals surface area contributed by atoms with E-state index in [1.54, 1.807) is 6.07 Å². The third-order valence-corrected chi connectivity index (χ3v) is 4.10. The van der Waals surface area contributed by atoms with Gasteiger partial charge in [0, 0.05) is 29.8 Å². The summed E-state index contributed by atoms with van der Waals surface area (Å²) in [5.41, 5.74) is 2.02. The van der Waals surface area contributed by atoms with Gasteiger partial charge in [-0.25, -0.2) is 0 Å². The molecule has 1 fully saturated rings. The first-order valence-corrected chi connectivity index (χ1v) is 6.63. The van der Waals surface area contributed by atoms with Gasteiger partial charge < -0.3 is 15.2 Å². The minimum absolute atomic E-state index is 0.135. The molecule has 1 aromatic rings. The predicted molar refractivity (Wildman–Crippen MR) is 74.1 cm³/mol. The first kappa shape index (κ1) is 13.2. The number of hydrogen-bond donors (Lipinski definition) is 2. The standard InChI is InChI=1S/C15H23NO2/c1-5-18-14-9-13(15(14,3)4)16-11-7-6-10(2)12(17)8-11/h6-8,13-14,16-17H,5,9H2,1-4H3. The van der Waals surface area contributed by atoms with E-state index in [2.05, 4.69) is 19.2 Å². The summed E-state index contributed by atoms with van der Waals surface area (Å²) < 4.78 is 5.71. The highest BCUT2D eigenvalue weighted by Crippen LogP contribution is 2.44. The van der Waals surface area contributed by atoms with E-state index >= 15 is 0 Å². The lowest BCUT2D eigenvalue weighted by atomic mass is 9.64. The molecule has 2 atom stereocenters. The second-order valence-electron chi connectivity index (χ2n) is 5.70. The zero-order valence-electron chi connectivity index (χ0n) is 11.7. The average Bonchev–Trinajstić information content (AvgIpc) is 2.32. The maximum Gasteiger partial charge on any atom is 0.120 e. The smallest absolute Gasteiger partial charge is 0.120 e. The van der Waals surface area contributed by atoms with E-state index < -0.39 is 0 Å². The fourth-order valence-corrected chi connectivity index (χ4v) is 2.51. The van der Waals surface area contributed by atoms with Crippen molar-refractivity contribution in [2.45, 2.75) is 46.3 Å². The molecule has 1 aliphatic carbocycles. The van der Waals surface area contributed by atoms with Crippen LogP contribution in [0.3, 0.4) is 0 Å². The molecule has 100 valence electrons.